The van der Waals surface area contributed by atoms with Crippen molar-refractivity contribution < 1.29 is 58.2 Å². The van der Waals surface area contributed by atoms with Crippen molar-refractivity contribution in [1.29, 1.82) is 0 Å². The Hall–Kier alpha value is -5.34. The highest BCUT2D eigenvalue weighted by Gasteiger charge is 2.36. The quantitative estimate of drug-likeness (QED) is 0.0546. The number of nitrogens with one attached hydrogen (secondary N) is 6. The predicted octanol–water partition coefficient (Wildman–Crippen LogP) is -3.34. The van der Waals surface area contributed by atoms with Crippen molar-refractivity contribution >= 4 is 59.2 Å². The van der Waals surface area contributed by atoms with Crippen molar-refractivity contribution in [2.45, 2.75) is 110 Å². The molecule has 0 bridgehead atoms. The summed E-state index contributed by atoms with van der Waals surface area (Å²) < 4.78 is 0. The monoisotopic (exact) mass is 771 g/mol. The van der Waals surface area contributed by atoms with E-state index < -0.39 is 103 Å². The van der Waals surface area contributed by atoms with Crippen LogP contribution in [-0.2, 0) is 47.9 Å². The van der Waals surface area contributed by atoms with Crippen LogP contribution >= 0.6 is 0 Å². The van der Waals surface area contributed by atoms with Gasteiger partial charge in [-0.15, -0.1) is 0 Å². The fraction of sp³-hybridized carbons (Fsp3) is 0.697. The lowest BCUT2D eigenvalue weighted by atomic mass is 9.98. The van der Waals surface area contributed by atoms with Gasteiger partial charge in [0.25, 0.3) is 5.97 Å². The standard InChI is InChI=1S/C31H53N9O10.C2H4O2/c1-6-17(4)26(30(48)36-18(5)27(45)34-14-23(42)37-19(31(49)50)9-10-22(33)41)39-24(43)15-35-28(46)20(12-16(2)3)38-29(47)21-8-7-11-40(21)25(44)13-32;1-2(3)4/h16-21,26H,6-15,32H2,1-5H3,(H2,33,41)(H,34,45)(H,35,46)(H,36,48)(H,37,42)(H,38,47)(H,39,43)(H,49,50);1H3,(H,3,4). The Balaban J connectivity index is 0.00000666. The number of hydrogen-bond donors (Lipinski definition) is 10. The fourth-order valence-corrected chi connectivity index (χ4v) is 5.12. The van der Waals surface area contributed by atoms with Gasteiger partial charge < -0.3 is 58.5 Å². The maximum atomic E-state index is 13.1. The molecule has 1 fully saturated rings. The Morgan fingerprint density at radius 3 is 1.85 bits per heavy atom. The highest BCUT2D eigenvalue weighted by molar-refractivity contribution is 5.96. The van der Waals surface area contributed by atoms with E-state index in [2.05, 4.69) is 31.9 Å². The van der Waals surface area contributed by atoms with Crippen LogP contribution in [0.3, 0.4) is 0 Å². The molecule has 0 aromatic heterocycles. The molecule has 1 aliphatic heterocycles. The van der Waals surface area contributed by atoms with Crippen LogP contribution in [0.2, 0.25) is 0 Å². The average Bonchev–Trinajstić information content (AvgIpc) is 3.59. The Bertz CT molecular complexity index is 1360. The number of amides is 8. The maximum Gasteiger partial charge on any atom is 0.326 e. The second-order valence-corrected chi connectivity index (χ2v) is 13.2. The van der Waals surface area contributed by atoms with Gasteiger partial charge in [0, 0.05) is 19.9 Å². The number of likely N-dealkylation sites (tertiary alicyclic amines) is 1. The van der Waals surface area contributed by atoms with E-state index in [4.69, 9.17) is 21.4 Å². The molecule has 21 heteroatoms. The van der Waals surface area contributed by atoms with Crippen LogP contribution in [0.4, 0.5) is 0 Å². The molecule has 306 valence electrons. The van der Waals surface area contributed by atoms with Crippen molar-refractivity contribution in [2.24, 2.45) is 23.3 Å². The SMILES string of the molecule is CC(=O)O.CCC(C)C(NC(=O)CNC(=O)C(CC(C)C)NC(=O)C1CCCN1C(=O)CN)C(=O)NC(C)C(=O)NCC(=O)NC(CCC(N)=O)C(=O)O. The van der Waals surface area contributed by atoms with Gasteiger partial charge in [-0.3, -0.25) is 43.2 Å². The third-order valence-electron chi connectivity index (χ3n) is 8.11. The van der Waals surface area contributed by atoms with Crippen LogP contribution in [-0.4, -0.2) is 131 Å². The van der Waals surface area contributed by atoms with Gasteiger partial charge in [-0.05, 0) is 44.4 Å². The van der Waals surface area contributed by atoms with Crippen LogP contribution in [0.1, 0.15) is 80.1 Å². The molecule has 0 aromatic carbocycles. The number of nitrogens with two attached hydrogens (primary N) is 2. The van der Waals surface area contributed by atoms with Crippen molar-refractivity contribution in [2.75, 3.05) is 26.2 Å². The van der Waals surface area contributed by atoms with Gasteiger partial charge >= 0.3 is 5.97 Å². The molecular weight excluding hydrogens is 714 g/mol. The number of hydrogen-bond acceptors (Lipinski definition) is 11. The number of nitrogens with zero attached hydrogens (tertiary/aromatic N) is 1. The molecule has 0 aliphatic carbocycles. The minimum absolute atomic E-state index is 0.00720. The Kier molecular flexibility index (Phi) is 22.4. The van der Waals surface area contributed by atoms with E-state index in [1.807, 2.05) is 13.8 Å². The molecule has 1 rings (SSSR count). The van der Waals surface area contributed by atoms with Crippen LogP contribution in [0.5, 0.6) is 0 Å². The van der Waals surface area contributed by atoms with Crippen LogP contribution in [0.15, 0.2) is 0 Å². The first kappa shape index (κ1) is 48.7. The van der Waals surface area contributed by atoms with Crippen molar-refractivity contribution in [1.82, 2.24) is 36.8 Å². The number of carbonyl (C=O) groups is 10. The molecule has 12 N–H and O–H groups in total. The molecule has 6 unspecified atom stereocenters. The molecule has 0 spiro atoms. The molecule has 0 saturated carbocycles. The summed E-state index contributed by atoms with van der Waals surface area (Å²) in [6, 6.07) is -5.42. The first-order chi connectivity index (χ1) is 25.1. The largest absolute Gasteiger partial charge is 0.481 e. The number of carboxylic acids is 2. The summed E-state index contributed by atoms with van der Waals surface area (Å²) >= 11 is 0. The number of primary amides is 1. The van der Waals surface area contributed by atoms with Gasteiger partial charge in [-0.2, -0.15) is 0 Å². The minimum Gasteiger partial charge on any atom is -0.481 e. The molecule has 0 radical (unpaired) electrons. The van der Waals surface area contributed by atoms with Gasteiger partial charge in [0.05, 0.1) is 19.6 Å². The zero-order chi connectivity index (χ0) is 41.7. The fourth-order valence-electron chi connectivity index (χ4n) is 5.12. The molecule has 21 nitrogen and oxygen atoms in total. The van der Waals surface area contributed by atoms with Gasteiger partial charge in [0.15, 0.2) is 0 Å². The first-order valence-electron chi connectivity index (χ1n) is 17.6. The zero-order valence-corrected chi connectivity index (χ0v) is 31.7. The van der Waals surface area contributed by atoms with E-state index in [1.165, 1.54) is 11.8 Å². The maximum absolute atomic E-state index is 13.1. The van der Waals surface area contributed by atoms with E-state index in [1.54, 1.807) is 13.8 Å². The third-order valence-corrected chi connectivity index (χ3v) is 8.11. The molecule has 8 amide bonds. The van der Waals surface area contributed by atoms with Crippen molar-refractivity contribution in [3.05, 3.63) is 0 Å². The minimum atomic E-state index is -1.40. The highest BCUT2D eigenvalue weighted by atomic mass is 16.4. The van der Waals surface area contributed by atoms with Crippen molar-refractivity contribution in [3.63, 3.8) is 0 Å². The van der Waals surface area contributed by atoms with E-state index in [0.29, 0.717) is 25.8 Å². The van der Waals surface area contributed by atoms with E-state index in [0.717, 1.165) is 6.92 Å². The normalized spacial score (nSPS) is 16.1. The highest BCUT2D eigenvalue weighted by Crippen LogP contribution is 2.18. The lowest BCUT2D eigenvalue weighted by Gasteiger charge is -2.27. The second-order valence-electron chi connectivity index (χ2n) is 13.2. The number of rotatable bonds is 21. The first-order valence-corrected chi connectivity index (χ1v) is 17.6. The average molecular weight is 772 g/mol. The summed E-state index contributed by atoms with van der Waals surface area (Å²) in [6.45, 7) is 8.62. The van der Waals surface area contributed by atoms with Crippen LogP contribution in [0.25, 0.3) is 0 Å². The van der Waals surface area contributed by atoms with E-state index in [-0.39, 0.29) is 37.6 Å². The molecule has 1 saturated heterocycles. The zero-order valence-electron chi connectivity index (χ0n) is 31.7. The molecule has 1 aliphatic rings. The Morgan fingerprint density at radius 2 is 1.35 bits per heavy atom. The van der Waals surface area contributed by atoms with Crippen molar-refractivity contribution in [3.8, 4) is 0 Å². The molecule has 6 atom stereocenters. The van der Waals surface area contributed by atoms with E-state index >= 15 is 0 Å². The number of carbonyl (C=O) groups excluding carboxylic acids is 8. The van der Waals surface area contributed by atoms with Gasteiger partial charge in [0.1, 0.15) is 30.2 Å². The summed E-state index contributed by atoms with van der Waals surface area (Å²) in [5.74, 6) is -7.90. The smallest absolute Gasteiger partial charge is 0.326 e. The molecule has 1 heterocycles. The summed E-state index contributed by atoms with van der Waals surface area (Å²) in [5, 5.41) is 31.3. The lowest BCUT2D eigenvalue weighted by molar-refractivity contribution is -0.142. The Morgan fingerprint density at radius 1 is 0.796 bits per heavy atom. The van der Waals surface area contributed by atoms with Crippen LogP contribution in [0, 0.1) is 11.8 Å². The topological polar surface area (TPSA) is 339 Å². The summed E-state index contributed by atoms with van der Waals surface area (Å²) in [7, 11) is 0. The number of aliphatic carboxylic acids is 2. The summed E-state index contributed by atoms with van der Waals surface area (Å²) in [4.78, 5) is 122. The molecule has 0 aromatic rings. The van der Waals surface area contributed by atoms with Gasteiger partial charge in [-0.25, -0.2) is 4.79 Å². The lowest BCUT2D eigenvalue weighted by Crippen LogP contribution is -2.57. The molecular formula is C33H57N9O12. The van der Waals surface area contributed by atoms with E-state index in [9.17, 15) is 48.3 Å². The third kappa shape index (κ3) is 18.9. The predicted molar refractivity (Wildman–Crippen MR) is 191 cm³/mol. The second kappa shape index (κ2) is 24.8. The molecule has 54 heavy (non-hydrogen) atoms. The number of carboxylic acid groups (broad SMARTS) is 2. The Labute approximate surface area is 313 Å². The van der Waals surface area contributed by atoms with Crippen LogP contribution < -0.4 is 43.4 Å². The summed E-state index contributed by atoms with van der Waals surface area (Å²) in [6.07, 6.45) is 1.24. The summed E-state index contributed by atoms with van der Waals surface area (Å²) in [5.41, 5.74) is 10.5. The van der Waals surface area contributed by atoms with Gasteiger partial charge in [-0.1, -0.05) is 34.1 Å². The van der Waals surface area contributed by atoms with Gasteiger partial charge in [0.2, 0.25) is 47.3 Å².